The lowest BCUT2D eigenvalue weighted by molar-refractivity contribution is 0.189. The summed E-state index contributed by atoms with van der Waals surface area (Å²) < 4.78 is 34.5. The molecule has 0 saturated carbocycles. The Morgan fingerprint density at radius 3 is 2.34 bits per heavy atom. The van der Waals surface area contributed by atoms with Crippen molar-refractivity contribution in [1.29, 1.82) is 0 Å². The van der Waals surface area contributed by atoms with Gasteiger partial charge in [-0.3, -0.25) is 4.90 Å². The van der Waals surface area contributed by atoms with Crippen LogP contribution in [-0.2, 0) is 6.61 Å². The number of hydrogen-bond donors (Lipinski definition) is 1. The highest BCUT2D eigenvalue weighted by Crippen LogP contribution is 2.36. The van der Waals surface area contributed by atoms with E-state index in [9.17, 15) is 8.78 Å². The zero-order valence-electron chi connectivity index (χ0n) is 16.2. The molecule has 29 heavy (non-hydrogen) atoms. The van der Waals surface area contributed by atoms with Crippen LogP contribution in [0.25, 0.3) is 0 Å². The van der Waals surface area contributed by atoms with Crippen molar-refractivity contribution in [1.82, 2.24) is 10.2 Å². The molecule has 1 unspecified atom stereocenters. The second-order valence-electron chi connectivity index (χ2n) is 7.17. The third-order valence-electron chi connectivity index (χ3n) is 5.22. The van der Waals surface area contributed by atoms with Crippen LogP contribution in [0.1, 0.15) is 22.7 Å². The number of nitrogens with zero attached hydrogens (tertiary/aromatic N) is 1. The van der Waals surface area contributed by atoms with Crippen LogP contribution in [0.2, 0.25) is 0 Å². The quantitative estimate of drug-likeness (QED) is 0.664. The molecular formula is C24H24F2N2O. The molecule has 1 atom stereocenters. The van der Waals surface area contributed by atoms with E-state index in [1.807, 2.05) is 54.6 Å². The number of halogens is 2. The number of nitrogens with one attached hydrogen (secondary N) is 1. The van der Waals surface area contributed by atoms with Gasteiger partial charge in [0.1, 0.15) is 24.0 Å². The van der Waals surface area contributed by atoms with Crippen molar-refractivity contribution >= 4 is 0 Å². The summed E-state index contributed by atoms with van der Waals surface area (Å²) in [6, 6.07) is 21.1. The summed E-state index contributed by atoms with van der Waals surface area (Å²) in [6.07, 6.45) is 0. The van der Waals surface area contributed by atoms with Gasteiger partial charge in [-0.1, -0.05) is 54.6 Å². The van der Waals surface area contributed by atoms with Crippen molar-refractivity contribution in [2.24, 2.45) is 0 Å². The Hall–Kier alpha value is -2.76. The van der Waals surface area contributed by atoms with Crippen LogP contribution in [-0.4, -0.2) is 31.1 Å². The summed E-state index contributed by atoms with van der Waals surface area (Å²) in [5.74, 6) is -0.395. The van der Waals surface area contributed by atoms with E-state index >= 15 is 0 Å². The number of para-hydroxylation sites is 1. The molecule has 3 nitrogen and oxygen atoms in total. The van der Waals surface area contributed by atoms with Crippen molar-refractivity contribution < 1.29 is 13.5 Å². The molecule has 0 bridgehead atoms. The standard InChI is InChI=1S/C24H24F2N2O/c25-19-10-11-20(22(26)16-19)24(28-14-12-27-13-15-28)21-8-4-5-9-23(21)29-17-18-6-2-1-3-7-18/h1-11,16,24,27H,12-15,17H2. The topological polar surface area (TPSA) is 24.5 Å². The van der Waals surface area contributed by atoms with Crippen molar-refractivity contribution in [3.63, 3.8) is 0 Å². The molecule has 1 fully saturated rings. The van der Waals surface area contributed by atoms with E-state index in [0.29, 0.717) is 17.9 Å². The van der Waals surface area contributed by atoms with Gasteiger partial charge in [-0.25, -0.2) is 8.78 Å². The minimum absolute atomic E-state index is 0.343. The van der Waals surface area contributed by atoms with Crippen LogP contribution >= 0.6 is 0 Å². The van der Waals surface area contributed by atoms with Crippen LogP contribution in [0.5, 0.6) is 5.75 Å². The Morgan fingerprint density at radius 1 is 0.862 bits per heavy atom. The van der Waals surface area contributed by atoms with E-state index in [4.69, 9.17) is 4.74 Å². The molecule has 0 aliphatic carbocycles. The molecule has 3 aromatic carbocycles. The molecule has 0 aromatic heterocycles. The predicted octanol–water partition coefficient (Wildman–Crippen LogP) is 4.54. The normalized spacial score (nSPS) is 15.8. The summed E-state index contributed by atoms with van der Waals surface area (Å²) in [7, 11) is 0. The zero-order valence-corrected chi connectivity index (χ0v) is 16.2. The molecule has 4 rings (SSSR count). The Morgan fingerprint density at radius 2 is 1.59 bits per heavy atom. The molecule has 0 spiro atoms. The minimum atomic E-state index is -0.570. The number of hydrogen-bond acceptors (Lipinski definition) is 3. The molecule has 0 amide bonds. The summed E-state index contributed by atoms with van der Waals surface area (Å²) >= 11 is 0. The molecular weight excluding hydrogens is 370 g/mol. The number of benzene rings is 3. The number of rotatable bonds is 6. The lowest BCUT2D eigenvalue weighted by atomic mass is 9.95. The van der Waals surface area contributed by atoms with E-state index < -0.39 is 11.6 Å². The van der Waals surface area contributed by atoms with Crippen LogP contribution in [0.3, 0.4) is 0 Å². The molecule has 5 heteroatoms. The molecule has 1 aliphatic heterocycles. The molecule has 1 aliphatic rings. The molecule has 150 valence electrons. The van der Waals surface area contributed by atoms with Crippen LogP contribution in [0.15, 0.2) is 72.8 Å². The van der Waals surface area contributed by atoms with E-state index in [0.717, 1.165) is 43.4 Å². The monoisotopic (exact) mass is 394 g/mol. The second kappa shape index (κ2) is 9.16. The van der Waals surface area contributed by atoms with E-state index in [1.165, 1.54) is 6.07 Å². The first-order valence-corrected chi connectivity index (χ1v) is 9.88. The van der Waals surface area contributed by atoms with Gasteiger partial charge in [-0.15, -0.1) is 0 Å². The highest BCUT2D eigenvalue weighted by atomic mass is 19.1. The molecule has 0 radical (unpaired) electrons. The molecule has 1 N–H and O–H groups in total. The summed E-state index contributed by atoms with van der Waals surface area (Å²) in [5, 5.41) is 3.33. The van der Waals surface area contributed by atoms with Gasteiger partial charge in [0.25, 0.3) is 0 Å². The Balaban J connectivity index is 1.70. The van der Waals surface area contributed by atoms with Gasteiger partial charge in [0, 0.05) is 43.4 Å². The zero-order chi connectivity index (χ0) is 20.1. The molecule has 1 heterocycles. The lowest BCUT2D eigenvalue weighted by Crippen LogP contribution is -2.45. The average Bonchev–Trinajstić information content (AvgIpc) is 2.76. The predicted molar refractivity (Wildman–Crippen MR) is 110 cm³/mol. The lowest BCUT2D eigenvalue weighted by Gasteiger charge is -2.36. The molecule has 1 saturated heterocycles. The summed E-state index contributed by atoms with van der Waals surface area (Å²) in [6.45, 7) is 3.62. The van der Waals surface area contributed by atoms with Crippen molar-refractivity contribution in [3.8, 4) is 5.75 Å². The number of ether oxygens (including phenoxy) is 1. The fourth-order valence-corrected chi connectivity index (χ4v) is 3.80. The maximum absolute atomic E-state index is 14.8. The van der Waals surface area contributed by atoms with E-state index in [1.54, 1.807) is 6.07 Å². The maximum atomic E-state index is 14.8. The largest absolute Gasteiger partial charge is 0.489 e. The van der Waals surface area contributed by atoms with Crippen molar-refractivity contribution in [3.05, 3.63) is 101 Å². The fraction of sp³-hybridized carbons (Fsp3) is 0.250. The van der Waals surface area contributed by atoms with E-state index in [-0.39, 0.29) is 6.04 Å². The van der Waals surface area contributed by atoms with E-state index in [2.05, 4.69) is 10.2 Å². The Bertz CT molecular complexity index is 943. The third-order valence-corrected chi connectivity index (χ3v) is 5.22. The number of piperazine rings is 1. The van der Waals surface area contributed by atoms with Gasteiger partial charge in [0.05, 0.1) is 6.04 Å². The summed E-state index contributed by atoms with van der Waals surface area (Å²) in [5.41, 5.74) is 2.41. The molecule has 3 aromatic rings. The Labute approximate surface area is 169 Å². The highest BCUT2D eigenvalue weighted by molar-refractivity contribution is 5.42. The Kier molecular flexibility index (Phi) is 6.17. The fourth-order valence-electron chi connectivity index (χ4n) is 3.80. The smallest absolute Gasteiger partial charge is 0.131 e. The van der Waals surface area contributed by atoms with Crippen molar-refractivity contribution in [2.75, 3.05) is 26.2 Å². The van der Waals surface area contributed by atoms with Crippen molar-refractivity contribution in [2.45, 2.75) is 12.6 Å². The van der Waals surface area contributed by atoms with Gasteiger partial charge < -0.3 is 10.1 Å². The van der Waals surface area contributed by atoms with Crippen LogP contribution < -0.4 is 10.1 Å². The SMILES string of the molecule is Fc1ccc(C(c2ccccc2OCc2ccccc2)N2CCNCC2)c(F)c1. The van der Waals surface area contributed by atoms with Gasteiger partial charge >= 0.3 is 0 Å². The van der Waals surface area contributed by atoms with Gasteiger partial charge in [0.15, 0.2) is 0 Å². The first-order chi connectivity index (χ1) is 14.2. The van der Waals surface area contributed by atoms with Gasteiger partial charge in [-0.2, -0.15) is 0 Å². The van der Waals surface area contributed by atoms with Gasteiger partial charge in [0.2, 0.25) is 0 Å². The maximum Gasteiger partial charge on any atom is 0.131 e. The first-order valence-electron chi connectivity index (χ1n) is 9.88. The minimum Gasteiger partial charge on any atom is -0.489 e. The summed E-state index contributed by atoms with van der Waals surface area (Å²) in [4.78, 5) is 2.22. The van der Waals surface area contributed by atoms with Crippen LogP contribution in [0.4, 0.5) is 8.78 Å². The highest BCUT2D eigenvalue weighted by Gasteiger charge is 2.28. The van der Waals surface area contributed by atoms with Crippen LogP contribution in [0, 0.1) is 11.6 Å². The third kappa shape index (κ3) is 4.63. The second-order valence-corrected chi connectivity index (χ2v) is 7.17. The average molecular weight is 394 g/mol. The first kappa shape index (κ1) is 19.6. The van der Waals surface area contributed by atoms with Gasteiger partial charge in [-0.05, 0) is 17.7 Å².